The van der Waals surface area contributed by atoms with E-state index in [-0.39, 0.29) is 17.8 Å². The molecule has 0 saturated heterocycles. The summed E-state index contributed by atoms with van der Waals surface area (Å²) >= 11 is 3.69. The number of halogens is 2. The van der Waals surface area contributed by atoms with Crippen LogP contribution in [0.3, 0.4) is 0 Å². The highest BCUT2D eigenvalue weighted by atomic mass is 79.9. The highest BCUT2D eigenvalue weighted by Crippen LogP contribution is 2.51. The Labute approximate surface area is 207 Å². The topological polar surface area (TPSA) is 38.8 Å². The van der Waals surface area contributed by atoms with Crippen molar-refractivity contribution in [2.75, 3.05) is 11.5 Å². The molecule has 2 unspecified atom stereocenters. The number of ether oxygens (including phenoxy) is 2. The van der Waals surface area contributed by atoms with Gasteiger partial charge in [0.05, 0.1) is 18.3 Å². The molecule has 3 aromatic rings. The van der Waals surface area contributed by atoms with Crippen molar-refractivity contribution in [3.05, 3.63) is 106 Å². The van der Waals surface area contributed by atoms with E-state index in [1.54, 1.807) is 17.0 Å². The molecule has 2 aliphatic rings. The van der Waals surface area contributed by atoms with E-state index in [0.717, 1.165) is 32.6 Å². The standard InChI is InChI=1S/C28H25BrFNO3/c1-19-10-15-23(18-33-22-6-3-2-4-7-22)34-28(16-19)26-24(29)8-5-9-25(26)31(27(28)32)17-20-11-13-21(30)14-12-20/h2-14,23H,15-18H2,1H3. The van der Waals surface area contributed by atoms with Gasteiger partial charge in [-0.3, -0.25) is 4.79 Å². The first-order valence-corrected chi connectivity index (χ1v) is 12.1. The zero-order valence-corrected chi connectivity index (χ0v) is 20.4. The van der Waals surface area contributed by atoms with Crippen LogP contribution in [0.25, 0.3) is 0 Å². The predicted octanol–water partition coefficient (Wildman–Crippen LogP) is 6.53. The Bertz CT molecular complexity index is 1230. The van der Waals surface area contributed by atoms with Crippen molar-refractivity contribution in [1.29, 1.82) is 0 Å². The molecule has 1 spiro atoms. The van der Waals surface area contributed by atoms with Gasteiger partial charge in [0.2, 0.25) is 0 Å². The van der Waals surface area contributed by atoms with Crippen LogP contribution >= 0.6 is 15.9 Å². The Hall–Kier alpha value is -2.96. The third kappa shape index (κ3) is 4.28. The molecule has 2 aliphatic heterocycles. The van der Waals surface area contributed by atoms with Crippen molar-refractivity contribution >= 4 is 27.5 Å². The van der Waals surface area contributed by atoms with E-state index in [1.807, 2.05) is 55.5 Å². The fourth-order valence-corrected chi connectivity index (χ4v) is 5.43. The molecule has 0 aliphatic carbocycles. The quantitative estimate of drug-likeness (QED) is 0.358. The second-order valence-corrected chi connectivity index (χ2v) is 9.66. The van der Waals surface area contributed by atoms with Gasteiger partial charge in [-0.15, -0.1) is 0 Å². The smallest absolute Gasteiger partial charge is 0.264 e. The highest BCUT2D eigenvalue weighted by Gasteiger charge is 2.55. The second kappa shape index (κ2) is 9.35. The van der Waals surface area contributed by atoms with Crippen molar-refractivity contribution in [2.45, 2.75) is 38.0 Å². The lowest BCUT2D eigenvalue weighted by atomic mass is 9.88. The van der Waals surface area contributed by atoms with Crippen LogP contribution < -0.4 is 9.64 Å². The molecule has 3 aromatic carbocycles. The number of fused-ring (bicyclic) bond motifs is 2. The number of amides is 1. The number of carbonyl (C=O) groups excluding carboxylic acids is 1. The lowest BCUT2D eigenvalue weighted by Gasteiger charge is -2.32. The van der Waals surface area contributed by atoms with Gasteiger partial charge >= 0.3 is 0 Å². The zero-order chi connectivity index (χ0) is 23.7. The Morgan fingerprint density at radius 3 is 2.62 bits per heavy atom. The Morgan fingerprint density at radius 2 is 1.85 bits per heavy atom. The molecular weight excluding hydrogens is 497 g/mol. The molecule has 0 radical (unpaired) electrons. The first-order chi connectivity index (χ1) is 16.5. The van der Waals surface area contributed by atoms with Gasteiger partial charge in [-0.25, -0.2) is 4.39 Å². The number of hydrogen-bond acceptors (Lipinski definition) is 3. The zero-order valence-electron chi connectivity index (χ0n) is 18.8. The Morgan fingerprint density at radius 1 is 1.09 bits per heavy atom. The van der Waals surface area contributed by atoms with Crippen molar-refractivity contribution in [2.24, 2.45) is 0 Å². The molecule has 4 nitrogen and oxygen atoms in total. The SMILES string of the molecule is CC1=CCC(COc2ccccc2)OC2(C1)C(=O)N(Cc1ccc(F)cc1)c1cccc(Br)c12. The maximum Gasteiger partial charge on any atom is 0.264 e. The van der Waals surface area contributed by atoms with Crippen LogP contribution in [0, 0.1) is 5.82 Å². The number of rotatable bonds is 5. The third-order valence-corrected chi connectivity index (χ3v) is 7.00. The maximum absolute atomic E-state index is 14.1. The predicted molar refractivity (Wildman–Crippen MR) is 133 cm³/mol. The van der Waals surface area contributed by atoms with Gasteiger partial charge in [-0.05, 0) is 55.3 Å². The molecule has 0 fully saturated rings. The van der Waals surface area contributed by atoms with Crippen LogP contribution in [-0.4, -0.2) is 18.6 Å². The number of nitrogens with zero attached hydrogens (tertiary/aromatic N) is 1. The van der Waals surface area contributed by atoms with Crippen LogP contribution in [0.15, 0.2) is 88.9 Å². The number of carbonyl (C=O) groups is 1. The van der Waals surface area contributed by atoms with E-state index in [0.29, 0.717) is 26.0 Å². The van der Waals surface area contributed by atoms with Crippen molar-refractivity contribution in [3.63, 3.8) is 0 Å². The van der Waals surface area contributed by atoms with Crippen LogP contribution in [0.2, 0.25) is 0 Å². The van der Waals surface area contributed by atoms with E-state index in [4.69, 9.17) is 9.47 Å². The minimum absolute atomic E-state index is 0.113. The highest BCUT2D eigenvalue weighted by molar-refractivity contribution is 9.10. The van der Waals surface area contributed by atoms with E-state index in [9.17, 15) is 9.18 Å². The van der Waals surface area contributed by atoms with Crippen LogP contribution in [0.1, 0.15) is 30.9 Å². The molecule has 0 saturated carbocycles. The fraction of sp³-hybridized carbons (Fsp3) is 0.250. The number of hydrogen-bond donors (Lipinski definition) is 0. The summed E-state index contributed by atoms with van der Waals surface area (Å²) in [6.45, 7) is 2.71. The van der Waals surface area contributed by atoms with Crippen molar-refractivity contribution in [3.8, 4) is 5.75 Å². The van der Waals surface area contributed by atoms with Gasteiger partial charge in [0.1, 0.15) is 18.2 Å². The monoisotopic (exact) mass is 521 g/mol. The molecule has 5 rings (SSSR count). The second-order valence-electron chi connectivity index (χ2n) is 8.81. The lowest BCUT2D eigenvalue weighted by Crippen LogP contribution is -2.45. The van der Waals surface area contributed by atoms with Gasteiger partial charge in [-0.2, -0.15) is 0 Å². The van der Waals surface area contributed by atoms with E-state index < -0.39 is 5.60 Å². The van der Waals surface area contributed by atoms with Gasteiger partial charge in [0, 0.05) is 16.5 Å². The van der Waals surface area contributed by atoms with Gasteiger partial charge < -0.3 is 14.4 Å². The first-order valence-electron chi connectivity index (χ1n) is 11.3. The molecule has 0 N–H and O–H groups in total. The average Bonchev–Trinajstić information content (AvgIpc) is 2.95. The van der Waals surface area contributed by atoms with E-state index >= 15 is 0 Å². The molecule has 2 heterocycles. The molecule has 0 bridgehead atoms. The molecule has 6 heteroatoms. The normalized spacial score (nSPS) is 21.9. The fourth-order valence-electron chi connectivity index (χ4n) is 4.75. The summed E-state index contributed by atoms with van der Waals surface area (Å²) in [4.78, 5) is 15.9. The molecule has 0 aromatic heterocycles. The first kappa shape index (κ1) is 22.8. The van der Waals surface area contributed by atoms with Crippen molar-refractivity contribution in [1.82, 2.24) is 0 Å². The lowest BCUT2D eigenvalue weighted by molar-refractivity contribution is -0.154. The number of anilines is 1. The number of benzene rings is 3. The molecule has 1 amide bonds. The van der Waals surface area contributed by atoms with E-state index in [1.165, 1.54) is 12.1 Å². The van der Waals surface area contributed by atoms with Gasteiger partial charge in [0.15, 0.2) is 5.60 Å². The van der Waals surface area contributed by atoms with Crippen LogP contribution in [0.5, 0.6) is 5.75 Å². The summed E-state index contributed by atoms with van der Waals surface area (Å²) in [6, 6.07) is 21.7. The summed E-state index contributed by atoms with van der Waals surface area (Å²) in [6.07, 6.45) is 2.96. The molecule has 2 atom stereocenters. The van der Waals surface area contributed by atoms with Crippen LogP contribution in [0.4, 0.5) is 10.1 Å². The minimum atomic E-state index is -1.16. The minimum Gasteiger partial charge on any atom is -0.491 e. The Balaban J connectivity index is 1.50. The summed E-state index contributed by atoms with van der Waals surface area (Å²) < 4.78 is 27.0. The Kier molecular flexibility index (Phi) is 6.28. The average molecular weight is 522 g/mol. The van der Waals surface area contributed by atoms with Gasteiger partial charge in [0.25, 0.3) is 5.91 Å². The maximum atomic E-state index is 14.1. The molecular formula is C28H25BrFNO3. The summed E-state index contributed by atoms with van der Waals surface area (Å²) in [7, 11) is 0. The summed E-state index contributed by atoms with van der Waals surface area (Å²) in [5.41, 5.74) is 2.43. The molecule has 34 heavy (non-hydrogen) atoms. The van der Waals surface area contributed by atoms with E-state index in [2.05, 4.69) is 22.0 Å². The largest absolute Gasteiger partial charge is 0.491 e. The van der Waals surface area contributed by atoms with Crippen molar-refractivity contribution < 1.29 is 18.7 Å². The number of para-hydroxylation sites is 1. The van der Waals surface area contributed by atoms with Gasteiger partial charge in [-0.1, -0.05) is 64.0 Å². The molecule has 174 valence electrons. The summed E-state index contributed by atoms with van der Waals surface area (Å²) in [5, 5.41) is 0. The summed E-state index contributed by atoms with van der Waals surface area (Å²) in [5.74, 6) is 0.352. The third-order valence-electron chi connectivity index (χ3n) is 6.33. The van der Waals surface area contributed by atoms with Crippen LogP contribution in [-0.2, 0) is 21.7 Å².